The first-order chi connectivity index (χ1) is 14.5. The van der Waals surface area contributed by atoms with Gasteiger partial charge < -0.3 is 19.9 Å². The molecule has 0 saturated carbocycles. The third-order valence-electron chi connectivity index (χ3n) is 4.62. The lowest BCUT2D eigenvalue weighted by Crippen LogP contribution is -2.43. The van der Waals surface area contributed by atoms with Gasteiger partial charge in [-0.1, -0.05) is 61.2 Å². The minimum Gasteiger partial charge on any atom is -0.480 e. The van der Waals surface area contributed by atoms with Crippen molar-refractivity contribution in [1.82, 2.24) is 5.32 Å². The fourth-order valence-electron chi connectivity index (χ4n) is 3.28. The molecule has 2 N–H and O–H groups in total. The van der Waals surface area contributed by atoms with E-state index in [1.807, 2.05) is 48.5 Å². The Labute approximate surface area is 178 Å². The van der Waals surface area contributed by atoms with Gasteiger partial charge in [-0.25, -0.2) is 14.4 Å². The molecular formula is C22H21NO6S. The van der Waals surface area contributed by atoms with Gasteiger partial charge in [0.2, 0.25) is 0 Å². The molecule has 156 valence electrons. The lowest BCUT2D eigenvalue weighted by Gasteiger charge is -2.17. The second-order valence-electron chi connectivity index (χ2n) is 6.52. The molecule has 0 radical (unpaired) electrons. The Morgan fingerprint density at radius 1 is 1.07 bits per heavy atom. The molecule has 1 aliphatic carbocycles. The van der Waals surface area contributed by atoms with Crippen molar-refractivity contribution < 1.29 is 29.0 Å². The van der Waals surface area contributed by atoms with Gasteiger partial charge in [-0.15, -0.1) is 0 Å². The van der Waals surface area contributed by atoms with E-state index in [1.165, 1.54) is 6.08 Å². The number of aliphatic carboxylic acids is 1. The van der Waals surface area contributed by atoms with Crippen LogP contribution in [0.2, 0.25) is 0 Å². The maximum atomic E-state index is 12.2. The molecule has 0 fully saturated rings. The number of benzene rings is 2. The second-order valence-corrected chi connectivity index (χ2v) is 7.48. The first-order valence-corrected chi connectivity index (χ1v) is 10.2. The summed E-state index contributed by atoms with van der Waals surface area (Å²) >= 11 is 0.660. The summed E-state index contributed by atoms with van der Waals surface area (Å²) in [6.45, 7) is 3.52. The van der Waals surface area contributed by atoms with E-state index in [1.54, 1.807) is 0 Å². The van der Waals surface area contributed by atoms with Crippen molar-refractivity contribution in [3.8, 4) is 11.1 Å². The normalized spacial score (nSPS) is 12.9. The van der Waals surface area contributed by atoms with Crippen LogP contribution in [0.15, 0.2) is 61.2 Å². The number of hydrogen-bond acceptors (Lipinski definition) is 6. The third kappa shape index (κ3) is 5.01. The molecule has 2 aromatic rings. The highest BCUT2D eigenvalue weighted by molar-refractivity contribution is 8.13. The van der Waals surface area contributed by atoms with Gasteiger partial charge in [-0.2, -0.15) is 0 Å². The number of carboxylic acids is 1. The van der Waals surface area contributed by atoms with Crippen LogP contribution in [0, 0.1) is 0 Å². The molecule has 0 aliphatic heterocycles. The minimum atomic E-state index is -1.29. The van der Waals surface area contributed by atoms with Gasteiger partial charge in [0.05, 0.1) is 0 Å². The molecule has 0 bridgehead atoms. The van der Waals surface area contributed by atoms with Crippen molar-refractivity contribution in [3.05, 3.63) is 72.3 Å². The van der Waals surface area contributed by atoms with Gasteiger partial charge in [0.15, 0.2) is 0 Å². The van der Waals surface area contributed by atoms with Crippen molar-refractivity contribution in [2.75, 3.05) is 19.0 Å². The Morgan fingerprint density at radius 2 is 1.67 bits per heavy atom. The number of carbonyl (C=O) groups is 3. The maximum Gasteiger partial charge on any atom is 0.407 e. The van der Waals surface area contributed by atoms with E-state index in [9.17, 15) is 19.5 Å². The van der Waals surface area contributed by atoms with Gasteiger partial charge in [0.25, 0.3) is 0 Å². The van der Waals surface area contributed by atoms with Crippen LogP contribution in [0.3, 0.4) is 0 Å². The number of alkyl carbamates (subject to hydrolysis) is 1. The van der Waals surface area contributed by atoms with E-state index in [0.717, 1.165) is 22.3 Å². The highest BCUT2D eigenvalue weighted by Gasteiger charge is 2.30. The molecule has 1 amide bonds. The van der Waals surface area contributed by atoms with Crippen molar-refractivity contribution in [3.63, 3.8) is 0 Å². The largest absolute Gasteiger partial charge is 0.480 e. The number of carbonyl (C=O) groups excluding carboxylic acids is 2. The number of thioether (sulfide) groups is 1. The van der Waals surface area contributed by atoms with Gasteiger partial charge in [0, 0.05) is 11.7 Å². The number of fused-ring (bicyclic) bond motifs is 3. The van der Waals surface area contributed by atoms with Crippen LogP contribution in [0.4, 0.5) is 9.59 Å². The van der Waals surface area contributed by atoms with Crippen LogP contribution < -0.4 is 5.32 Å². The first kappa shape index (κ1) is 21.4. The average molecular weight is 427 g/mol. The summed E-state index contributed by atoms with van der Waals surface area (Å²) in [5.41, 5.74) is 4.31. The predicted octanol–water partition coefficient (Wildman–Crippen LogP) is 4.03. The standard InChI is InChI=1S/C22H21NO6S/c1-2-11-28-22(27)30-13-19(20(24)25)23-21(26)29-12-18-16-9-5-3-7-14(16)15-8-4-6-10-17(15)18/h2-10,18-19H,1,11-13H2,(H,23,26)(H,24,25)/t19-/m0/s1. The summed E-state index contributed by atoms with van der Waals surface area (Å²) < 4.78 is 10.1. The van der Waals surface area contributed by atoms with E-state index in [0.29, 0.717) is 11.8 Å². The smallest absolute Gasteiger partial charge is 0.407 e. The van der Waals surface area contributed by atoms with E-state index >= 15 is 0 Å². The molecule has 0 saturated heterocycles. The predicted molar refractivity (Wildman–Crippen MR) is 114 cm³/mol. The summed E-state index contributed by atoms with van der Waals surface area (Å²) in [5, 5.41) is 10.9. The Balaban J connectivity index is 1.59. The number of rotatable bonds is 8. The third-order valence-corrected chi connectivity index (χ3v) is 5.47. The molecule has 3 rings (SSSR count). The van der Waals surface area contributed by atoms with Gasteiger partial charge in [-0.3, -0.25) is 0 Å². The van der Waals surface area contributed by atoms with E-state index in [4.69, 9.17) is 9.47 Å². The number of nitrogens with one attached hydrogen (secondary N) is 1. The zero-order valence-corrected chi connectivity index (χ0v) is 16.9. The van der Waals surface area contributed by atoms with Crippen LogP contribution in [0.25, 0.3) is 11.1 Å². The quantitative estimate of drug-likeness (QED) is 0.484. The summed E-state index contributed by atoms with van der Waals surface area (Å²) in [6, 6.07) is 14.5. The Morgan fingerprint density at radius 3 is 2.23 bits per heavy atom. The van der Waals surface area contributed by atoms with Crippen LogP contribution >= 0.6 is 11.8 Å². The van der Waals surface area contributed by atoms with Gasteiger partial charge >= 0.3 is 17.4 Å². The van der Waals surface area contributed by atoms with E-state index in [2.05, 4.69) is 11.9 Å². The van der Waals surface area contributed by atoms with Crippen LogP contribution in [0.5, 0.6) is 0 Å². The molecule has 0 aromatic heterocycles. The second kappa shape index (κ2) is 9.98. The molecule has 1 atom stereocenters. The van der Waals surface area contributed by atoms with Crippen molar-refractivity contribution >= 4 is 29.1 Å². The highest BCUT2D eigenvalue weighted by Crippen LogP contribution is 2.44. The summed E-state index contributed by atoms with van der Waals surface area (Å²) in [5.74, 6) is -1.59. The Kier molecular flexibility index (Phi) is 7.13. The fraction of sp³-hybridized carbons (Fsp3) is 0.227. The molecule has 7 nitrogen and oxygen atoms in total. The molecule has 1 aliphatic rings. The van der Waals surface area contributed by atoms with Crippen LogP contribution in [-0.4, -0.2) is 47.5 Å². The van der Waals surface area contributed by atoms with E-state index < -0.39 is 23.4 Å². The molecular weight excluding hydrogens is 406 g/mol. The lowest BCUT2D eigenvalue weighted by molar-refractivity contribution is -0.138. The molecule has 0 unspecified atom stereocenters. The van der Waals surface area contributed by atoms with Crippen molar-refractivity contribution in [2.24, 2.45) is 0 Å². The first-order valence-electron chi connectivity index (χ1n) is 9.26. The zero-order chi connectivity index (χ0) is 21.5. The van der Waals surface area contributed by atoms with Crippen molar-refractivity contribution in [2.45, 2.75) is 12.0 Å². The summed E-state index contributed by atoms with van der Waals surface area (Å²) in [4.78, 5) is 35.1. The molecule has 8 heteroatoms. The van der Waals surface area contributed by atoms with Crippen LogP contribution in [0.1, 0.15) is 17.0 Å². The SMILES string of the molecule is C=CCOC(=O)SC[C@H](NC(=O)OCC1c2ccccc2-c2ccccc21)C(=O)O. The number of amides is 1. The Bertz CT molecular complexity index is 915. The topological polar surface area (TPSA) is 102 Å². The number of carboxylic acid groups (broad SMARTS) is 1. The highest BCUT2D eigenvalue weighted by atomic mass is 32.2. The van der Waals surface area contributed by atoms with Crippen molar-refractivity contribution in [1.29, 1.82) is 0 Å². The number of ether oxygens (including phenoxy) is 2. The zero-order valence-electron chi connectivity index (χ0n) is 16.1. The van der Waals surface area contributed by atoms with Crippen LogP contribution in [-0.2, 0) is 14.3 Å². The molecule has 30 heavy (non-hydrogen) atoms. The molecule has 0 spiro atoms. The van der Waals surface area contributed by atoms with Gasteiger partial charge in [-0.05, 0) is 34.0 Å². The summed E-state index contributed by atoms with van der Waals surface area (Å²) in [6.07, 6.45) is 0.548. The average Bonchev–Trinajstić information content (AvgIpc) is 3.07. The minimum absolute atomic E-state index is 0.0311. The number of hydrogen-bond donors (Lipinski definition) is 2. The van der Waals surface area contributed by atoms with Gasteiger partial charge in [0.1, 0.15) is 19.3 Å². The molecule has 0 heterocycles. The Hall–Kier alpha value is -3.26. The summed E-state index contributed by atoms with van der Waals surface area (Å²) in [7, 11) is 0. The fourth-order valence-corrected chi connectivity index (χ4v) is 3.96. The maximum absolute atomic E-state index is 12.2. The lowest BCUT2D eigenvalue weighted by atomic mass is 9.98. The monoisotopic (exact) mass is 427 g/mol. The van der Waals surface area contributed by atoms with E-state index in [-0.39, 0.29) is 24.9 Å². The molecule has 2 aromatic carbocycles.